The average Bonchev–Trinajstić information content (AvgIpc) is 3.74. The molecule has 12 nitrogen and oxygen atoms in total. The molecule has 6 aliphatic carbocycles. The maximum Gasteiger partial charge on any atom is 0.435 e. The Hall–Kier alpha value is -3.75. The van der Waals surface area contributed by atoms with Gasteiger partial charge in [-0.05, 0) is 155 Å². The van der Waals surface area contributed by atoms with Crippen LogP contribution in [0.25, 0.3) is 0 Å². The van der Waals surface area contributed by atoms with Crippen molar-refractivity contribution in [2.24, 2.45) is 62.6 Å². The van der Waals surface area contributed by atoms with Gasteiger partial charge in [0.05, 0.1) is 17.4 Å². The maximum atomic E-state index is 14.6. The molecule has 5 saturated carbocycles. The molecule has 0 radical (unpaired) electrons. The van der Waals surface area contributed by atoms with Crippen molar-refractivity contribution in [2.75, 3.05) is 20.6 Å². The van der Waals surface area contributed by atoms with E-state index in [1.807, 2.05) is 46.7 Å². The highest BCUT2D eigenvalue weighted by Crippen LogP contribution is 2.76. The van der Waals surface area contributed by atoms with E-state index in [2.05, 4.69) is 50.4 Å². The van der Waals surface area contributed by atoms with E-state index in [4.69, 9.17) is 4.74 Å². The smallest absolute Gasteiger partial charge is 0.435 e. The fraction of sp³-hybridized carbons (Fsp3) is 0.804. The first-order valence-electron chi connectivity index (χ1n) is 24.4. The first-order chi connectivity index (χ1) is 30.3. The van der Waals surface area contributed by atoms with Gasteiger partial charge in [-0.2, -0.15) is 18.3 Å². The molecule has 0 spiro atoms. The van der Waals surface area contributed by atoms with Crippen molar-refractivity contribution in [2.45, 2.75) is 177 Å². The van der Waals surface area contributed by atoms with Crippen molar-refractivity contribution < 1.29 is 47.0 Å². The van der Waals surface area contributed by atoms with Gasteiger partial charge in [0.25, 0.3) is 5.91 Å². The molecule has 2 amide bonds. The summed E-state index contributed by atoms with van der Waals surface area (Å²) in [5.74, 6) is -2.94. The number of alkyl halides is 3. The summed E-state index contributed by atoms with van der Waals surface area (Å²) in [7, 11) is 3.69. The van der Waals surface area contributed by atoms with Crippen LogP contribution in [0.5, 0.6) is 0 Å². The Morgan fingerprint density at radius 1 is 0.909 bits per heavy atom. The minimum Gasteiger partial charge on any atom is -0.481 e. The number of carboxylic acid groups (broad SMARTS) is 1. The number of aromatic nitrogens is 2. The van der Waals surface area contributed by atoms with Crippen molar-refractivity contribution in [3.8, 4) is 0 Å². The van der Waals surface area contributed by atoms with Gasteiger partial charge in [0.1, 0.15) is 17.3 Å². The van der Waals surface area contributed by atoms with Crippen LogP contribution in [0.2, 0.25) is 0 Å². The Morgan fingerprint density at radius 2 is 1.58 bits per heavy atom. The molecule has 1 aromatic heterocycles. The van der Waals surface area contributed by atoms with E-state index in [0.29, 0.717) is 31.7 Å². The van der Waals surface area contributed by atoms with Crippen molar-refractivity contribution in [3.63, 3.8) is 0 Å². The van der Waals surface area contributed by atoms with Gasteiger partial charge in [0.15, 0.2) is 11.5 Å². The highest BCUT2D eigenvalue weighted by atomic mass is 19.4. The normalized spacial score (nSPS) is 35.9. The number of carbonyl (C=O) groups excluding carboxylic acids is 4. The summed E-state index contributed by atoms with van der Waals surface area (Å²) in [4.78, 5) is 70.1. The lowest BCUT2D eigenvalue weighted by Crippen LogP contribution is -2.68. The highest BCUT2D eigenvalue weighted by molar-refractivity contribution is 6.03. The number of ketones is 1. The molecule has 0 unspecified atom stereocenters. The predicted molar refractivity (Wildman–Crippen MR) is 243 cm³/mol. The number of aryl methyl sites for hydroxylation is 1. The lowest BCUT2D eigenvalue weighted by molar-refractivity contribution is -0.235. The predicted octanol–water partition coefficient (Wildman–Crippen LogP) is 8.87. The second kappa shape index (κ2) is 16.5. The van der Waals surface area contributed by atoms with Gasteiger partial charge < -0.3 is 25.4 Å². The van der Waals surface area contributed by atoms with Gasteiger partial charge in [0, 0.05) is 24.4 Å². The molecule has 0 saturated heterocycles. The molecule has 7 rings (SSSR count). The number of esters is 1. The van der Waals surface area contributed by atoms with Gasteiger partial charge in [-0.15, -0.1) is 0 Å². The average molecular weight is 928 g/mol. The third-order valence-corrected chi connectivity index (χ3v) is 19.1. The number of rotatable bonds is 12. The number of hydrogen-bond donors (Lipinski definition) is 3. The molecule has 1 heterocycles. The first kappa shape index (κ1) is 50.1. The highest BCUT2D eigenvalue weighted by Gasteiger charge is 2.71. The van der Waals surface area contributed by atoms with Crippen molar-refractivity contribution in [1.29, 1.82) is 0 Å². The number of aliphatic carboxylic acids is 1. The van der Waals surface area contributed by atoms with E-state index in [0.717, 1.165) is 66.8 Å². The monoisotopic (exact) mass is 928 g/mol. The Labute approximate surface area is 389 Å². The summed E-state index contributed by atoms with van der Waals surface area (Å²) in [5, 5.41) is 19.5. The maximum absolute atomic E-state index is 14.6. The quantitative estimate of drug-likeness (QED) is 0.174. The van der Waals surface area contributed by atoms with Crippen LogP contribution >= 0.6 is 0 Å². The van der Waals surface area contributed by atoms with Crippen LogP contribution in [0.1, 0.15) is 163 Å². The van der Waals surface area contributed by atoms with Crippen molar-refractivity contribution in [1.82, 2.24) is 25.3 Å². The summed E-state index contributed by atoms with van der Waals surface area (Å²) in [6.45, 7) is 23.3. The summed E-state index contributed by atoms with van der Waals surface area (Å²) < 4.78 is 49.0. The number of carbonyl (C=O) groups is 5. The molecule has 15 heteroatoms. The van der Waals surface area contributed by atoms with E-state index >= 15 is 0 Å². The second-order valence-corrected chi connectivity index (χ2v) is 24.4. The molecule has 3 N–H and O–H groups in total. The minimum absolute atomic E-state index is 0.0116. The van der Waals surface area contributed by atoms with E-state index in [1.54, 1.807) is 0 Å². The van der Waals surface area contributed by atoms with Gasteiger partial charge in [0.2, 0.25) is 5.91 Å². The molecule has 66 heavy (non-hydrogen) atoms. The Bertz CT molecular complexity index is 2190. The summed E-state index contributed by atoms with van der Waals surface area (Å²) in [5.41, 5.74) is -3.55. The lowest BCUT2D eigenvalue weighted by Gasteiger charge is -2.72. The van der Waals surface area contributed by atoms with E-state index < -0.39 is 58.0 Å². The van der Waals surface area contributed by atoms with Crippen LogP contribution in [0.4, 0.5) is 13.2 Å². The number of amides is 2. The molecule has 5 fully saturated rings. The SMILES string of the molecule is CC(C)C1=C2[C@H]3CC[C@@H]4[C@@]5(C)CC[C@H](OC(=O)[C@H]6C[C@@H](C(=O)O)C6(C)C)C(C)(C)[C@@H]5CC[C@@]4(C)[C@]3(C)CC[C@@]2(NC(=O)C(C)(C)NC(=O)c2cc(C(F)(F)F)nn2CCCN(C)C)CC1=O. The zero-order valence-electron chi connectivity index (χ0n) is 41.7. The number of nitrogens with zero attached hydrogens (tertiary/aromatic N) is 3. The number of fused-ring (bicyclic) bond motifs is 7. The molecule has 10 atom stereocenters. The van der Waals surface area contributed by atoms with Crippen molar-refractivity contribution >= 4 is 29.5 Å². The topological polar surface area (TPSA) is 160 Å². The van der Waals surface area contributed by atoms with Crippen molar-refractivity contribution in [3.05, 3.63) is 28.6 Å². The summed E-state index contributed by atoms with van der Waals surface area (Å²) in [6.07, 6.45) is 2.46. The molecule has 0 bridgehead atoms. The van der Waals surface area contributed by atoms with Gasteiger partial charge in [-0.1, -0.05) is 62.3 Å². The van der Waals surface area contributed by atoms with E-state index in [9.17, 15) is 42.3 Å². The minimum atomic E-state index is -4.76. The van der Waals surface area contributed by atoms with E-state index in [-0.39, 0.29) is 75.9 Å². The standard InChI is InChI=1S/C51H76F3N5O7/c1-28(2)38-33(60)27-50(56-43(65)46(7,8)55-40(61)32-26-36(51(52,53)54)57-59(32)24-14-23-58(12)13)22-21-48(10)29(39(38)50)15-16-35-47(9)19-18-37(45(5,6)34(47)17-20-49(35,48)11)66-42(64)31-25-30(41(62)63)44(31,3)4/h26,28-31,34-35,37H,14-25,27H2,1-13H3,(H,55,61)(H,56,65)(H,62,63)/t29-,30+,31-,34+,35-,37+,47+,48-,49-,50-/m1/s1. The Kier molecular flexibility index (Phi) is 12.5. The Morgan fingerprint density at radius 3 is 2.17 bits per heavy atom. The first-order valence-corrected chi connectivity index (χ1v) is 24.4. The zero-order valence-corrected chi connectivity index (χ0v) is 41.7. The number of carboxylic acids is 1. The number of halogens is 3. The van der Waals surface area contributed by atoms with Gasteiger partial charge in [-0.3, -0.25) is 28.7 Å². The third kappa shape index (κ3) is 7.84. The molecule has 368 valence electrons. The molecule has 1 aromatic rings. The Balaban J connectivity index is 1.12. The van der Waals surface area contributed by atoms with Gasteiger partial charge in [-0.25, -0.2) is 0 Å². The largest absolute Gasteiger partial charge is 0.481 e. The van der Waals surface area contributed by atoms with Crippen LogP contribution in [-0.2, 0) is 36.6 Å². The van der Waals surface area contributed by atoms with E-state index in [1.165, 1.54) is 13.8 Å². The molecular weight excluding hydrogens is 852 g/mol. The fourth-order valence-electron chi connectivity index (χ4n) is 15.1. The third-order valence-electron chi connectivity index (χ3n) is 19.1. The molecule has 0 aromatic carbocycles. The summed E-state index contributed by atoms with van der Waals surface area (Å²) >= 11 is 0. The number of Topliss-reactive ketones (excluding diaryl/α,β-unsaturated/α-hetero) is 1. The molecular formula is C51H76F3N5O7. The van der Waals surface area contributed by atoms with Crippen LogP contribution in [0.15, 0.2) is 17.2 Å². The fourth-order valence-corrected chi connectivity index (χ4v) is 15.1. The lowest BCUT2D eigenvalue weighted by atomic mass is 9.33. The zero-order chi connectivity index (χ0) is 49.1. The summed E-state index contributed by atoms with van der Waals surface area (Å²) in [6, 6.07) is 0.729. The van der Waals surface area contributed by atoms with Gasteiger partial charge >= 0.3 is 18.1 Å². The van der Waals surface area contributed by atoms with Crippen LogP contribution in [0.3, 0.4) is 0 Å². The second-order valence-electron chi connectivity index (χ2n) is 24.4. The number of nitrogens with one attached hydrogen (secondary N) is 2. The van der Waals surface area contributed by atoms with Crippen LogP contribution < -0.4 is 10.6 Å². The van der Waals surface area contributed by atoms with Crippen LogP contribution in [-0.4, -0.2) is 87.1 Å². The number of ether oxygens (including phenoxy) is 1. The molecule has 0 aliphatic heterocycles. The number of allylic oxidation sites excluding steroid dienone is 1. The molecule has 6 aliphatic rings. The van der Waals surface area contributed by atoms with Crippen LogP contribution in [0, 0.1) is 62.6 Å². The number of hydrogen-bond acceptors (Lipinski definition) is 8.